The highest BCUT2D eigenvalue weighted by Crippen LogP contribution is 2.19. The number of benzene rings is 1. The maximum Gasteiger partial charge on any atom is 0.137 e. The molecule has 1 N–H and O–H groups in total. The maximum atomic E-state index is 5.98. The summed E-state index contributed by atoms with van der Waals surface area (Å²) in [6, 6.07) is 6.08. The van der Waals surface area contributed by atoms with E-state index in [2.05, 4.69) is 22.3 Å². The molecular weight excluding hydrogens is 295 g/mol. The molecule has 1 aromatic carbocycles. The molecule has 2 rings (SSSR count). The van der Waals surface area contributed by atoms with Gasteiger partial charge in [0.15, 0.2) is 0 Å². The Labute approximate surface area is 129 Å². The van der Waals surface area contributed by atoms with Crippen molar-refractivity contribution < 1.29 is 0 Å². The molecule has 0 fully saturated rings. The van der Waals surface area contributed by atoms with E-state index in [1.165, 1.54) is 0 Å². The van der Waals surface area contributed by atoms with Gasteiger partial charge in [0.2, 0.25) is 0 Å². The van der Waals surface area contributed by atoms with Gasteiger partial charge in [0.1, 0.15) is 12.7 Å². The van der Waals surface area contributed by atoms with Crippen molar-refractivity contribution in [3.8, 4) is 0 Å². The van der Waals surface area contributed by atoms with Gasteiger partial charge < -0.3 is 5.32 Å². The Morgan fingerprint density at radius 2 is 2.00 bits per heavy atom. The van der Waals surface area contributed by atoms with E-state index in [0.29, 0.717) is 16.1 Å². The van der Waals surface area contributed by atoms with Gasteiger partial charge in [-0.3, -0.25) is 4.68 Å². The van der Waals surface area contributed by atoms with Crippen molar-refractivity contribution in [1.29, 1.82) is 0 Å². The molecule has 4 nitrogen and oxygen atoms in total. The first kappa shape index (κ1) is 15.3. The van der Waals surface area contributed by atoms with E-state index < -0.39 is 0 Å². The van der Waals surface area contributed by atoms with Gasteiger partial charge in [-0.1, -0.05) is 23.2 Å². The van der Waals surface area contributed by atoms with Crippen molar-refractivity contribution in [3.63, 3.8) is 0 Å². The van der Waals surface area contributed by atoms with Gasteiger partial charge in [-0.05, 0) is 50.1 Å². The van der Waals surface area contributed by atoms with Gasteiger partial charge in [0, 0.05) is 22.6 Å². The molecule has 20 heavy (non-hydrogen) atoms. The summed E-state index contributed by atoms with van der Waals surface area (Å²) in [4.78, 5) is 3.92. The van der Waals surface area contributed by atoms with E-state index >= 15 is 0 Å². The van der Waals surface area contributed by atoms with E-state index in [-0.39, 0.29) is 0 Å². The predicted molar refractivity (Wildman–Crippen MR) is 82.3 cm³/mol. The minimum atomic E-state index is 0.425. The molecule has 1 atom stereocenters. The summed E-state index contributed by atoms with van der Waals surface area (Å²) >= 11 is 12.0. The first-order chi connectivity index (χ1) is 9.63. The second-order valence-electron chi connectivity index (χ2n) is 4.83. The molecule has 0 aliphatic carbocycles. The summed E-state index contributed by atoms with van der Waals surface area (Å²) in [7, 11) is 0. The molecule has 0 aliphatic heterocycles. The van der Waals surface area contributed by atoms with Crippen LogP contribution in [0.2, 0.25) is 10.0 Å². The van der Waals surface area contributed by atoms with Crippen molar-refractivity contribution in [2.24, 2.45) is 0 Å². The molecule has 0 saturated carbocycles. The summed E-state index contributed by atoms with van der Waals surface area (Å²) in [6.45, 7) is 3.94. The molecule has 6 heteroatoms. The number of aryl methyl sites for hydroxylation is 1. The molecule has 0 amide bonds. The van der Waals surface area contributed by atoms with E-state index in [4.69, 9.17) is 23.2 Å². The van der Waals surface area contributed by atoms with Gasteiger partial charge in [-0.25, -0.2) is 4.98 Å². The van der Waals surface area contributed by atoms with Crippen LogP contribution in [-0.2, 0) is 13.0 Å². The largest absolute Gasteiger partial charge is 0.314 e. The molecule has 0 aliphatic rings. The van der Waals surface area contributed by atoms with Crippen LogP contribution in [0.3, 0.4) is 0 Å². The quantitative estimate of drug-likeness (QED) is 0.853. The number of hydrogen-bond acceptors (Lipinski definition) is 3. The molecule has 2 aromatic rings. The van der Waals surface area contributed by atoms with Crippen LogP contribution in [-0.4, -0.2) is 27.4 Å². The fourth-order valence-corrected chi connectivity index (χ4v) is 2.57. The van der Waals surface area contributed by atoms with Crippen molar-refractivity contribution in [2.75, 3.05) is 6.54 Å². The third-order valence-corrected chi connectivity index (χ3v) is 3.52. The maximum absolute atomic E-state index is 5.98. The molecule has 0 saturated heterocycles. The number of halogens is 2. The average molecular weight is 313 g/mol. The Balaban J connectivity index is 1.69. The molecule has 1 heterocycles. The van der Waals surface area contributed by atoms with Gasteiger partial charge in [-0.15, -0.1) is 0 Å². The van der Waals surface area contributed by atoms with E-state index in [9.17, 15) is 0 Å². The summed E-state index contributed by atoms with van der Waals surface area (Å²) in [5.41, 5.74) is 1.15. The zero-order valence-corrected chi connectivity index (χ0v) is 12.9. The number of nitrogens with zero attached hydrogens (tertiary/aromatic N) is 3. The van der Waals surface area contributed by atoms with Gasteiger partial charge in [-0.2, -0.15) is 5.10 Å². The summed E-state index contributed by atoms with van der Waals surface area (Å²) < 4.78 is 1.84. The monoisotopic (exact) mass is 312 g/mol. The molecule has 0 spiro atoms. The second kappa shape index (κ2) is 7.62. The lowest BCUT2D eigenvalue weighted by Crippen LogP contribution is -2.29. The van der Waals surface area contributed by atoms with Crippen LogP contribution in [0.5, 0.6) is 0 Å². The van der Waals surface area contributed by atoms with Crippen LogP contribution in [0, 0.1) is 0 Å². The lowest BCUT2D eigenvalue weighted by molar-refractivity contribution is 0.460. The molecule has 0 bridgehead atoms. The Bertz CT molecular complexity index is 508. The van der Waals surface area contributed by atoms with E-state index in [1.54, 1.807) is 18.7 Å². The highest BCUT2D eigenvalue weighted by atomic mass is 35.5. The Kier molecular flexibility index (Phi) is 5.83. The lowest BCUT2D eigenvalue weighted by Gasteiger charge is -2.13. The van der Waals surface area contributed by atoms with Crippen LogP contribution >= 0.6 is 23.2 Å². The molecule has 108 valence electrons. The third-order valence-electron chi connectivity index (χ3n) is 3.09. The van der Waals surface area contributed by atoms with Crippen LogP contribution in [0.4, 0.5) is 0 Å². The third kappa shape index (κ3) is 5.12. The van der Waals surface area contributed by atoms with Crippen molar-refractivity contribution in [1.82, 2.24) is 20.1 Å². The van der Waals surface area contributed by atoms with Crippen molar-refractivity contribution in [3.05, 3.63) is 46.5 Å². The fourth-order valence-electron chi connectivity index (χ4n) is 1.99. The first-order valence-corrected chi connectivity index (χ1v) is 7.40. The number of hydrogen-bond donors (Lipinski definition) is 1. The highest BCUT2D eigenvalue weighted by Gasteiger charge is 2.03. The summed E-state index contributed by atoms with van der Waals surface area (Å²) in [6.07, 6.45) is 5.22. The summed E-state index contributed by atoms with van der Waals surface area (Å²) in [5.74, 6) is 0. The lowest BCUT2D eigenvalue weighted by atomic mass is 10.1. The van der Waals surface area contributed by atoms with Crippen LogP contribution in [0.1, 0.15) is 18.9 Å². The topological polar surface area (TPSA) is 42.7 Å². The molecule has 0 radical (unpaired) electrons. The van der Waals surface area contributed by atoms with Gasteiger partial charge >= 0.3 is 0 Å². The number of aromatic nitrogens is 3. The average Bonchev–Trinajstić information content (AvgIpc) is 2.88. The SMILES string of the molecule is C[C@H](CCn1cncn1)NCCc1cc(Cl)cc(Cl)c1. The van der Waals surface area contributed by atoms with Crippen molar-refractivity contribution >= 4 is 23.2 Å². The Morgan fingerprint density at radius 3 is 2.65 bits per heavy atom. The molecular formula is C14H18Cl2N4. The zero-order chi connectivity index (χ0) is 14.4. The van der Waals surface area contributed by atoms with Gasteiger partial charge in [0.25, 0.3) is 0 Å². The summed E-state index contributed by atoms with van der Waals surface area (Å²) in [5, 5.41) is 8.94. The highest BCUT2D eigenvalue weighted by molar-refractivity contribution is 6.34. The van der Waals surface area contributed by atoms with Crippen LogP contribution < -0.4 is 5.32 Å². The minimum Gasteiger partial charge on any atom is -0.314 e. The number of nitrogens with one attached hydrogen (secondary N) is 1. The molecule has 1 aromatic heterocycles. The van der Waals surface area contributed by atoms with Crippen molar-refractivity contribution in [2.45, 2.75) is 32.4 Å². The zero-order valence-electron chi connectivity index (χ0n) is 11.4. The first-order valence-electron chi connectivity index (χ1n) is 6.64. The molecule has 0 unspecified atom stereocenters. The smallest absolute Gasteiger partial charge is 0.137 e. The fraction of sp³-hybridized carbons (Fsp3) is 0.429. The standard InChI is InChI=1S/C14H18Cl2N4/c1-11(3-5-20-10-17-9-19-20)18-4-2-12-6-13(15)8-14(16)7-12/h6-11,18H,2-5H2,1H3/t11-/m1/s1. The van der Waals surface area contributed by atoms with E-state index in [1.807, 2.05) is 16.8 Å². The van der Waals surface area contributed by atoms with Crippen LogP contribution in [0.25, 0.3) is 0 Å². The minimum absolute atomic E-state index is 0.425. The Hall–Kier alpha value is -1.10. The number of rotatable bonds is 7. The predicted octanol–water partition coefficient (Wildman–Crippen LogP) is 3.20. The second-order valence-corrected chi connectivity index (χ2v) is 5.70. The van der Waals surface area contributed by atoms with Gasteiger partial charge in [0.05, 0.1) is 0 Å². The Morgan fingerprint density at radius 1 is 1.25 bits per heavy atom. The van der Waals surface area contributed by atoms with E-state index in [0.717, 1.165) is 31.5 Å². The van der Waals surface area contributed by atoms with Crippen LogP contribution in [0.15, 0.2) is 30.9 Å². The normalized spacial score (nSPS) is 12.6.